The Morgan fingerprint density at radius 1 is 1.00 bits per heavy atom. The van der Waals surface area contributed by atoms with E-state index >= 15 is 0 Å². The molecule has 0 aromatic heterocycles. The molecule has 1 aliphatic rings. The molecule has 210 valence electrons. The number of hydrogen-bond acceptors (Lipinski definition) is 3. The SMILES string of the molecule is C=C(C)CC1(c2ccccc2)CN(CC(=O)Nc2ccc(C(F)(F)F)cc2)N=C1c1ccc(C(F)(F)F)c(Cl)c1. The summed E-state index contributed by atoms with van der Waals surface area (Å²) in [4.78, 5) is 12.9. The molecule has 0 saturated heterocycles. The topological polar surface area (TPSA) is 44.7 Å². The third-order valence-electron chi connectivity index (χ3n) is 6.45. The first kappa shape index (κ1) is 29.2. The molecule has 1 unspecified atom stereocenters. The van der Waals surface area contributed by atoms with Gasteiger partial charge in [-0.25, -0.2) is 0 Å². The van der Waals surface area contributed by atoms with Crippen molar-refractivity contribution in [2.75, 3.05) is 18.4 Å². The van der Waals surface area contributed by atoms with Crippen LogP contribution in [0.25, 0.3) is 0 Å². The third kappa shape index (κ3) is 6.33. The van der Waals surface area contributed by atoms with Gasteiger partial charge in [0.2, 0.25) is 5.91 Å². The summed E-state index contributed by atoms with van der Waals surface area (Å²) in [6.45, 7) is 5.79. The maximum atomic E-state index is 13.4. The summed E-state index contributed by atoms with van der Waals surface area (Å²) in [6.07, 6.45) is -8.76. The summed E-state index contributed by atoms with van der Waals surface area (Å²) in [6, 6.07) is 16.7. The van der Waals surface area contributed by atoms with Gasteiger partial charge in [-0.2, -0.15) is 31.4 Å². The molecule has 0 fully saturated rings. The number of halogens is 7. The first-order valence-electron chi connectivity index (χ1n) is 12.1. The minimum Gasteiger partial charge on any atom is -0.324 e. The molecule has 40 heavy (non-hydrogen) atoms. The van der Waals surface area contributed by atoms with Crippen LogP contribution in [0.1, 0.15) is 35.6 Å². The second-order valence-corrected chi connectivity index (χ2v) is 10.1. The Kier molecular flexibility index (Phi) is 8.03. The predicted octanol–water partition coefficient (Wildman–Crippen LogP) is 7.94. The number of hydrazone groups is 1. The van der Waals surface area contributed by atoms with Gasteiger partial charge in [0.05, 0.1) is 33.8 Å². The lowest BCUT2D eigenvalue weighted by Gasteiger charge is -2.32. The van der Waals surface area contributed by atoms with Gasteiger partial charge in [0.15, 0.2) is 0 Å². The van der Waals surface area contributed by atoms with E-state index in [-0.39, 0.29) is 18.8 Å². The minimum atomic E-state index is -4.64. The first-order valence-corrected chi connectivity index (χ1v) is 12.4. The molecule has 1 amide bonds. The largest absolute Gasteiger partial charge is 0.417 e. The standard InChI is InChI=1S/C29H24ClF6N3O/c1-18(2)15-27(20-6-4-3-5-7-20)17-39(16-25(40)37-22-11-9-21(10-12-22)28(31,32)33)38-26(27)19-8-13-23(24(30)14-19)29(34,35)36/h3-14H,1,15-17H2,2H3,(H,37,40). The molecular weight excluding hydrogens is 556 g/mol. The zero-order valence-corrected chi connectivity index (χ0v) is 22.0. The van der Waals surface area contributed by atoms with Gasteiger partial charge in [-0.15, -0.1) is 6.58 Å². The maximum Gasteiger partial charge on any atom is 0.417 e. The molecule has 1 atom stereocenters. The number of amides is 1. The normalized spacial score (nSPS) is 17.5. The quantitative estimate of drug-likeness (QED) is 0.228. The number of anilines is 1. The highest BCUT2D eigenvalue weighted by atomic mass is 35.5. The highest BCUT2D eigenvalue weighted by Crippen LogP contribution is 2.42. The molecule has 1 aliphatic heterocycles. The average molecular weight is 580 g/mol. The van der Waals surface area contributed by atoms with E-state index in [0.29, 0.717) is 17.7 Å². The lowest BCUT2D eigenvalue weighted by atomic mass is 9.70. The number of allylic oxidation sites excluding steroid dienone is 1. The number of carbonyl (C=O) groups is 1. The Labute approximate surface area is 231 Å². The van der Waals surface area contributed by atoms with Crippen molar-refractivity contribution in [3.05, 3.63) is 112 Å². The van der Waals surface area contributed by atoms with Gasteiger partial charge < -0.3 is 5.32 Å². The molecule has 0 spiro atoms. The van der Waals surface area contributed by atoms with Crippen molar-refractivity contribution in [1.29, 1.82) is 0 Å². The zero-order chi connectivity index (χ0) is 29.3. The number of alkyl halides is 6. The van der Waals surface area contributed by atoms with E-state index in [0.717, 1.165) is 41.5 Å². The van der Waals surface area contributed by atoms with Crippen LogP contribution >= 0.6 is 11.6 Å². The van der Waals surface area contributed by atoms with Crippen LogP contribution in [-0.4, -0.2) is 29.7 Å². The van der Waals surface area contributed by atoms with Crippen LogP contribution < -0.4 is 5.32 Å². The minimum absolute atomic E-state index is 0.173. The van der Waals surface area contributed by atoms with Gasteiger partial charge in [0.1, 0.15) is 6.54 Å². The van der Waals surface area contributed by atoms with Crippen LogP contribution in [0.5, 0.6) is 0 Å². The van der Waals surface area contributed by atoms with E-state index in [9.17, 15) is 31.1 Å². The zero-order valence-electron chi connectivity index (χ0n) is 21.2. The van der Waals surface area contributed by atoms with E-state index in [1.165, 1.54) is 17.1 Å². The van der Waals surface area contributed by atoms with Crippen molar-refractivity contribution in [3.8, 4) is 0 Å². The predicted molar refractivity (Wildman–Crippen MR) is 142 cm³/mol. The highest BCUT2D eigenvalue weighted by molar-refractivity contribution is 6.32. The third-order valence-corrected chi connectivity index (χ3v) is 6.76. The molecule has 4 rings (SSSR count). The molecule has 3 aromatic carbocycles. The fourth-order valence-electron chi connectivity index (χ4n) is 4.83. The van der Waals surface area contributed by atoms with Crippen molar-refractivity contribution in [1.82, 2.24) is 5.01 Å². The average Bonchev–Trinajstić information content (AvgIpc) is 3.21. The number of nitrogens with zero attached hydrogens (tertiary/aromatic N) is 2. The summed E-state index contributed by atoms with van der Waals surface area (Å²) < 4.78 is 78.7. The molecule has 0 saturated carbocycles. The van der Waals surface area contributed by atoms with Gasteiger partial charge in [-0.1, -0.05) is 53.6 Å². The molecule has 3 aromatic rings. The summed E-state index contributed by atoms with van der Waals surface area (Å²) in [5.41, 5.74) is -0.147. The molecule has 4 nitrogen and oxygen atoms in total. The van der Waals surface area contributed by atoms with Crippen molar-refractivity contribution in [2.45, 2.75) is 31.1 Å². The van der Waals surface area contributed by atoms with Crippen LogP contribution in [0.15, 0.2) is 90.0 Å². The Morgan fingerprint density at radius 2 is 1.65 bits per heavy atom. The number of nitrogens with one attached hydrogen (secondary N) is 1. The highest BCUT2D eigenvalue weighted by Gasteiger charge is 2.45. The van der Waals surface area contributed by atoms with E-state index < -0.39 is 39.8 Å². The Bertz CT molecular complexity index is 1430. The van der Waals surface area contributed by atoms with E-state index in [2.05, 4.69) is 17.0 Å². The molecule has 0 bridgehead atoms. The van der Waals surface area contributed by atoms with Crippen molar-refractivity contribution < 1.29 is 31.1 Å². The molecule has 1 N–H and O–H groups in total. The Balaban J connectivity index is 1.69. The van der Waals surface area contributed by atoms with Gasteiger partial charge >= 0.3 is 12.4 Å². The van der Waals surface area contributed by atoms with Gasteiger partial charge in [-0.05, 0) is 55.3 Å². The van der Waals surface area contributed by atoms with Crippen LogP contribution in [0.2, 0.25) is 5.02 Å². The number of benzene rings is 3. The van der Waals surface area contributed by atoms with Gasteiger partial charge in [-0.3, -0.25) is 9.80 Å². The van der Waals surface area contributed by atoms with Crippen molar-refractivity contribution in [3.63, 3.8) is 0 Å². The summed E-state index contributed by atoms with van der Waals surface area (Å²) in [7, 11) is 0. The summed E-state index contributed by atoms with van der Waals surface area (Å²) in [5, 5.41) is 8.22. The maximum absolute atomic E-state index is 13.4. The Morgan fingerprint density at radius 3 is 2.20 bits per heavy atom. The van der Waals surface area contributed by atoms with Crippen molar-refractivity contribution in [2.24, 2.45) is 5.10 Å². The van der Waals surface area contributed by atoms with Gasteiger partial charge in [0, 0.05) is 11.3 Å². The fourth-order valence-corrected chi connectivity index (χ4v) is 5.12. The van der Waals surface area contributed by atoms with Crippen LogP contribution in [-0.2, 0) is 22.6 Å². The van der Waals surface area contributed by atoms with Crippen LogP contribution in [0.4, 0.5) is 32.0 Å². The molecule has 0 aliphatic carbocycles. The summed E-state index contributed by atoms with van der Waals surface area (Å²) >= 11 is 6.05. The van der Waals surface area contributed by atoms with Gasteiger partial charge in [0.25, 0.3) is 0 Å². The lowest BCUT2D eigenvalue weighted by molar-refractivity contribution is -0.138. The van der Waals surface area contributed by atoms with Crippen LogP contribution in [0, 0.1) is 0 Å². The lowest BCUT2D eigenvalue weighted by Crippen LogP contribution is -2.40. The Hall–Kier alpha value is -3.79. The van der Waals surface area contributed by atoms with E-state index in [1.807, 2.05) is 37.3 Å². The molecule has 11 heteroatoms. The second-order valence-electron chi connectivity index (χ2n) is 9.67. The van der Waals surface area contributed by atoms with E-state index in [1.54, 1.807) is 0 Å². The number of carbonyl (C=O) groups excluding carboxylic acids is 1. The molecule has 1 heterocycles. The number of hydrogen-bond donors (Lipinski definition) is 1. The fraction of sp³-hybridized carbons (Fsp3) is 0.241. The molecule has 0 radical (unpaired) electrons. The smallest absolute Gasteiger partial charge is 0.324 e. The van der Waals surface area contributed by atoms with Crippen molar-refractivity contribution >= 4 is 28.9 Å². The van der Waals surface area contributed by atoms with Crippen LogP contribution in [0.3, 0.4) is 0 Å². The summed E-state index contributed by atoms with van der Waals surface area (Å²) in [5.74, 6) is -0.535. The number of rotatable bonds is 7. The second kappa shape index (κ2) is 11.0. The molecular formula is C29H24ClF6N3O. The first-order chi connectivity index (χ1) is 18.7. The monoisotopic (exact) mass is 579 g/mol. The van der Waals surface area contributed by atoms with E-state index in [4.69, 9.17) is 11.6 Å².